The van der Waals surface area contributed by atoms with Crippen LogP contribution in [0.4, 0.5) is 8.78 Å². The van der Waals surface area contributed by atoms with E-state index in [-0.39, 0.29) is 29.7 Å². The summed E-state index contributed by atoms with van der Waals surface area (Å²) in [7, 11) is 0. The third-order valence-corrected chi connectivity index (χ3v) is 7.24. The van der Waals surface area contributed by atoms with E-state index in [0.29, 0.717) is 42.9 Å². The van der Waals surface area contributed by atoms with E-state index >= 15 is 0 Å². The van der Waals surface area contributed by atoms with E-state index in [4.69, 9.17) is 4.74 Å². The van der Waals surface area contributed by atoms with E-state index in [2.05, 4.69) is 15.2 Å². The van der Waals surface area contributed by atoms with Crippen molar-refractivity contribution in [1.82, 2.24) is 20.1 Å². The van der Waals surface area contributed by atoms with E-state index in [1.165, 1.54) is 11.0 Å². The quantitative estimate of drug-likeness (QED) is 0.535. The maximum absolute atomic E-state index is 14.2. The SMILES string of the molecule is O=C1CCC(N2Cc3cc(OC4CCN(Cc5cnc6ccc(F)c(F)c6c5)C4)ccc3C2=O)C(=O)N1. The van der Waals surface area contributed by atoms with Gasteiger partial charge in [-0.15, -0.1) is 0 Å². The molecule has 2 fully saturated rings. The number of fused-ring (bicyclic) bond motifs is 2. The average Bonchev–Trinajstić information content (AvgIpc) is 3.45. The zero-order chi connectivity index (χ0) is 25.7. The van der Waals surface area contributed by atoms with Crippen molar-refractivity contribution in [3.8, 4) is 5.75 Å². The Balaban J connectivity index is 1.09. The van der Waals surface area contributed by atoms with Gasteiger partial charge in [0, 0.05) is 49.7 Å². The first-order valence-electron chi connectivity index (χ1n) is 12.2. The highest BCUT2D eigenvalue weighted by Crippen LogP contribution is 2.31. The second-order valence-corrected chi connectivity index (χ2v) is 9.75. The average molecular weight is 507 g/mol. The van der Waals surface area contributed by atoms with Crippen molar-refractivity contribution in [2.24, 2.45) is 0 Å². The first kappa shape index (κ1) is 23.5. The summed E-state index contributed by atoms with van der Waals surface area (Å²) in [6, 6.07) is 8.85. The number of nitrogens with zero attached hydrogens (tertiary/aromatic N) is 3. The number of likely N-dealkylation sites (tertiary alicyclic amines) is 1. The molecule has 10 heteroatoms. The van der Waals surface area contributed by atoms with Gasteiger partial charge in [-0.1, -0.05) is 0 Å². The van der Waals surface area contributed by atoms with Crippen LogP contribution in [0.3, 0.4) is 0 Å². The molecule has 8 nitrogen and oxygen atoms in total. The fraction of sp³-hybridized carbons (Fsp3) is 0.333. The van der Waals surface area contributed by atoms with Crippen LogP contribution in [0.25, 0.3) is 10.9 Å². The van der Waals surface area contributed by atoms with E-state index in [9.17, 15) is 23.2 Å². The number of hydrogen-bond acceptors (Lipinski definition) is 6. The number of carbonyl (C=O) groups excluding carboxylic acids is 3. The summed E-state index contributed by atoms with van der Waals surface area (Å²) in [5, 5.41) is 2.48. The molecule has 3 aromatic rings. The Morgan fingerprint density at radius 1 is 1.08 bits per heavy atom. The molecule has 1 aromatic heterocycles. The molecule has 190 valence electrons. The molecule has 3 aliphatic rings. The number of aromatic nitrogens is 1. The van der Waals surface area contributed by atoms with Gasteiger partial charge >= 0.3 is 0 Å². The third kappa shape index (κ3) is 4.42. The maximum atomic E-state index is 14.2. The minimum absolute atomic E-state index is 0.0658. The molecule has 0 spiro atoms. The molecule has 4 heterocycles. The summed E-state index contributed by atoms with van der Waals surface area (Å²) in [5.41, 5.74) is 2.54. The number of rotatable bonds is 5. The number of imide groups is 1. The monoisotopic (exact) mass is 506 g/mol. The number of piperidine rings is 1. The van der Waals surface area contributed by atoms with Crippen molar-refractivity contribution < 1.29 is 27.9 Å². The highest BCUT2D eigenvalue weighted by Gasteiger charge is 2.39. The number of halogens is 2. The van der Waals surface area contributed by atoms with Crippen molar-refractivity contribution in [2.45, 2.75) is 44.5 Å². The summed E-state index contributed by atoms with van der Waals surface area (Å²) in [6.07, 6.45) is 2.94. The van der Waals surface area contributed by atoms with Crippen molar-refractivity contribution in [3.05, 3.63) is 70.9 Å². The van der Waals surface area contributed by atoms with Crippen molar-refractivity contribution in [2.75, 3.05) is 13.1 Å². The third-order valence-electron chi connectivity index (χ3n) is 7.24. The second kappa shape index (κ2) is 9.19. The zero-order valence-electron chi connectivity index (χ0n) is 19.9. The van der Waals surface area contributed by atoms with E-state index in [1.807, 2.05) is 6.07 Å². The van der Waals surface area contributed by atoms with Gasteiger partial charge in [0.2, 0.25) is 11.8 Å². The first-order chi connectivity index (χ1) is 17.9. The molecule has 2 atom stereocenters. The van der Waals surface area contributed by atoms with Gasteiger partial charge in [0.05, 0.1) is 5.52 Å². The number of hydrogen-bond donors (Lipinski definition) is 1. The zero-order valence-corrected chi connectivity index (χ0v) is 19.9. The Hall–Kier alpha value is -3.92. The number of carbonyl (C=O) groups is 3. The number of ether oxygens (including phenoxy) is 1. The largest absolute Gasteiger partial charge is 0.489 e. The number of nitrogens with one attached hydrogen (secondary N) is 1. The molecule has 3 aliphatic heterocycles. The Bertz CT molecular complexity index is 1450. The second-order valence-electron chi connectivity index (χ2n) is 9.75. The lowest BCUT2D eigenvalue weighted by atomic mass is 10.0. The molecular weight excluding hydrogens is 482 g/mol. The predicted molar refractivity (Wildman–Crippen MR) is 128 cm³/mol. The lowest BCUT2D eigenvalue weighted by Crippen LogP contribution is -2.52. The smallest absolute Gasteiger partial charge is 0.255 e. The minimum Gasteiger partial charge on any atom is -0.489 e. The Kier molecular flexibility index (Phi) is 5.83. The number of pyridine rings is 1. The van der Waals surface area contributed by atoms with Gasteiger partial charge in [-0.25, -0.2) is 8.78 Å². The fourth-order valence-corrected chi connectivity index (χ4v) is 5.38. The Labute approximate surface area is 211 Å². The molecule has 3 amide bonds. The minimum atomic E-state index is -0.891. The first-order valence-corrected chi connectivity index (χ1v) is 12.2. The van der Waals surface area contributed by atoms with Gasteiger partial charge in [-0.2, -0.15) is 0 Å². The van der Waals surface area contributed by atoms with Gasteiger partial charge < -0.3 is 9.64 Å². The maximum Gasteiger partial charge on any atom is 0.255 e. The molecule has 2 unspecified atom stereocenters. The van der Waals surface area contributed by atoms with Crippen molar-refractivity contribution in [1.29, 1.82) is 0 Å². The topological polar surface area (TPSA) is 91.8 Å². The van der Waals surface area contributed by atoms with E-state index < -0.39 is 23.6 Å². The number of amides is 3. The van der Waals surface area contributed by atoms with Crippen LogP contribution in [0, 0.1) is 11.6 Å². The lowest BCUT2D eigenvalue weighted by Gasteiger charge is -2.29. The molecule has 37 heavy (non-hydrogen) atoms. The Morgan fingerprint density at radius 2 is 1.95 bits per heavy atom. The molecule has 0 saturated carbocycles. The van der Waals surface area contributed by atoms with Crippen LogP contribution < -0.4 is 10.1 Å². The highest BCUT2D eigenvalue weighted by atomic mass is 19.2. The van der Waals surface area contributed by atoms with Gasteiger partial charge in [0.1, 0.15) is 17.9 Å². The lowest BCUT2D eigenvalue weighted by molar-refractivity contribution is -0.136. The summed E-state index contributed by atoms with van der Waals surface area (Å²) < 4.78 is 34.0. The summed E-state index contributed by atoms with van der Waals surface area (Å²) in [6.45, 7) is 2.27. The normalized spacial score (nSPS) is 22.0. The molecule has 0 aliphatic carbocycles. The van der Waals surface area contributed by atoms with E-state index in [0.717, 1.165) is 30.2 Å². The summed E-state index contributed by atoms with van der Waals surface area (Å²) in [5.74, 6) is -2.10. The van der Waals surface area contributed by atoms with Gasteiger partial charge in [0.25, 0.3) is 5.91 Å². The number of benzene rings is 2. The molecule has 2 saturated heterocycles. The standard InChI is InChI=1S/C27H24F2N4O4/c28-21-3-4-22-20(25(21)29)9-15(11-30-22)12-32-8-7-18(14-32)37-17-1-2-19-16(10-17)13-33(27(19)36)23-5-6-24(34)31-26(23)35/h1-4,9-11,18,23H,5-8,12-14H2,(H,31,34,35). The van der Waals surface area contributed by atoms with Crippen LogP contribution in [0.15, 0.2) is 42.6 Å². The predicted octanol–water partition coefficient (Wildman–Crippen LogP) is 2.93. The van der Waals surface area contributed by atoms with Crippen LogP contribution in [-0.4, -0.2) is 57.7 Å². The van der Waals surface area contributed by atoms with Crippen LogP contribution in [-0.2, 0) is 22.7 Å². The molecule has 1 N–H and O–H groups in total. The van der Waals surface area contributed by atoms with Crippen molar-refractivity contribution >= 4 is 28.6 Å². The highest BCUT2D eigenvalue weighted by molar-refractivity contribution is 6.05. The molecule has 0 bridgehead atoms. The van der Waals surface area contributed by atoms with Gasteiger partial charge in [0.15, 0.2) is 11.6 Å². The fourth-order valence-electron chi connectivity index (χ4n) is 5.38. The van der Waals surface area contributed by atoms with E-state index in [1.54, 1.807) is 24.4 Å². The molecular formula is C27H24F2N4O4. The van der Waals surface area contributed by atoms with Crippen LogP contribution in [0.5, 0.6) is 5.75 Å². The van der Waals surface area contributed by atoms with Gasteiger partial charge in [-0.3, -0.25) is 29.6 Å². The van der Waals surface area contributed by atoms with Crippen LogP contribution >= 0.6 is 0 Å². The van der Waals surface area contributed by atoms with Crippen molar-refractivity contribution in [3.63, 3.8) is 0 Å². The van der Waals surface area contributed by atoms with Crippen LogP contribution in [0.1, 0.15) is 40.7 Å². The molecule has 6 rings (SSSR count). The summed E-state index contributed by atoms with van der Waals surface area (Å²) in [4.78, 5) is 44.5. The Morgan fingerprint density at radius 3 is 2.78 bits per heavy atom. The van der Waals surface area contributed by atoms with Crippen LogP contribution in [0.2, 0.25) is 0 Å². The summed E-state index contributed by atoms with van der Waals surface area (Å²) >= 11 is 0. The van der Waals surface area contributed by atoms with Gasteiger partial charge in [-0.05, 0) is 60.4 Å². The molecule has 0 radical (unpaired) electrons. The molecule has 2 aromatic carbocycles.